The molecule has 0 radical (unpaired) electrons. The molecule has 0 unspecified atom stereocenters. The van der Waals surface area contributed by atoms with Gasteiger partial charge in [0.2, 0.25) is 0 Å². The summed E-state index contributed by atoms with van der Waals surface area (Å²) in [6.07, 6.45) is 11.5. The van der Waals surface area contributed by atoms with E-state index in [1.807, 2.05) is 60.1 Å². The molecule has 27 heavy (non-hydrogen) atoms. The maximum atomic E-state index is 4.72. The minimum atomic E-state index is 0.655. The van der Waals surface area contributed by atoms with Crippen LogP contribution in [-0.2, 0) is 19.6 Å². The van der Waals surface area contributed by atoms with Crippen LogP contribution in [0.4, 0.5) is 0 Å². The first-order valence-corrected chi connectivity index (χ1v) is 9.04. The molecule has 3 aromatic heterocycles. The minimum absolute atomic E-state index is 0.655. The molecular weight excluding hydrogens is 336 g/mol. The van der Waals surface area contributed by atoms with E-state index in [0.29, 0.717) is 13.1 Å². The van der Waals surface area contributed by atoms with E-state index >= 15 is 0 Å². The molecular formula is C21H22N6. The number of allylic oxidation sites excluding steroid dienone is 1. The molecule has 0 aliphatic carbocycles. The maximum Gasteiger partial charge on any atom is 0.128 e. The molecule has 0 amide bonds. The molecule has 6 nitrogen and oxygen atoms in total. The second kappa shape index (κ2) is 7.45. The number of nitrogens with zero attached hydrogens (tertiary/aromatic N) is 6. The quantitative estimate of drug-likeness (QED) is 0.471. The van der Waals surface area contributed by atoms with Crippen molar-refractivity contribution in [3.63, 3.8) is 0 Å². The summed E-state index contributed by atoms with van der Waals surface area (Å²) in [6, 6.07) is 10.2. The Balaban J connectivity index is 1.81. The zero-order valence-corrected chi connectivity index (χ0v) is 15.4. The summed E-state index contributed by atoms with van der Waals surface area (Å²) in [5, 5.41) is 4.45. The predicted molar refractivity (Wildman–Crippen MR) is 106 cm³/mol. The normalized spacial score (nSPS) is 11.0. The van der Waals surface area contributed by atoms with Gasteiger partial charge in [0.25, 0.3) is 0 Å². The van der Waals surface area contributed by atoms with Gasteiger partial charge in [0.1, 0.15) is 5.82 Å². The maximum absolute atomic E-state index is 4.72. The molecule has 1 aromatic carbocycles. The molecule has 136 valence electrons. The third-order valence-electron chi connectivity index (χ3n) is 4.56. The lowest BCUT2D eigenvalue weighted by Gasteiger charge is -2.10. The van der Waals surface area contributed by atoms with E-state index in [0.717, 1.165) is 34.9 Å². The van der Waals surface area contributed by atoms with Gasteiger partial charge >= 0.3 is 0 Å². The molecule has 0 spiro atoms. The van der Waals surface area contributed by atoms with Gasteiger partial charge in [0.05, 0.1) is 37.0 Å². The third kappa shape index (κ3) is 3.33. The molecule has 0 aliphatic rings. The lowest BCUT2D eigenvalue weighted by atomic mass is 10.1. The van der Waals surface area contributed by atoms with Crippen molar-refractivity contribution in [1.82, 2.24) is 28.9 Å². The van der Waals surface area contributed by atoms with Crippen LogP contribution in [0.3, 0.4) is 0 Å². The van der Waals surface area contributed by atoms with Crippen molar-refractivity contribution in [3.8, 4) is 22.5 Å². The van der Waals surface area contributed by atoms with Crippen molar-refractivity contribution in [3.05, 3.63) is 79.9 Å². The third-order valence-corrected chi connectivity index (χ3v) is 4.56. The summed E-state index contributed by atoms with van der Waals surface area (Å²) in [5.74, 6) is 1.01. The molecule has 0 bridgehead atoms. The van der Waals surface area contributed by atoms with Gasteiger partial charge in [-0.25, -0.2) is 9.97 Å². The summed E-state index contributed by atoms with van der Waals surface area (Å²) in [7, 11) is 0. The van der Waals surface area contributed by atoms with Crippen LogP contribution in [-0.4, -0.2) is 28.9 Å². The Kier molecular flexibility index (Phi) is 4.70. The first kappa shape index (κ1) is 17.0. The smallest absolute Gasteiger partial charge is 0.128 e. The molecule has 0 saturated carbocycles. The van der Waals surface area contributed by atoms with Crippen LogP contribution in [0.15, 0.2) is 74.1 Å². The number of aryl methyl sites for hydroxylation is 1. The minimum Gasteiger partial charge on any atom is -0.334 e. The second-order valence-electron chi connectivity index (χ2n) is 6.30. The van der Waals surface area contributed by atoms with Gasteiger partial charge < -0.3 is 9.13 Å². The van der Waals surface area contributed by atoms with E-state index in [-0.39, 0.29) is 0 Å². The van der Waals surface area contributed by atoms with Crippen molar-refractivity contribution >= 4 is 0 Å². The van der Waals surface area contributed by atoms with Crippen LogP contribution in [0, 0.1) is 0 Å². The van der Waals surface area contributed by atoms with Crippen molar-refractivity contribution in [1.29, 1.82) is 0 Å². The van der Waals surface area contributed by atoms with Gasteiger partial charge in [-0.1, -0.05) is 36.4 Å². The molecule has 0 fully saturated rings. The van der Waals surface area contributed by atoms with Gasteiger partial charge in [-0.15, -0.1) is 6.58 Å². The van der Waals surface area contributed by atoms with Crippen LogP contribution in [0.1, 0.15) is 12.7 Å². The summed E-state index contributed by atoms with van der Waals surface area (Å²) < 4.78 is 6.17. The van der Waals surface area contributed by atoms with Gasteiger partial charge in [0, 0.05) is 36.3 Å². The Bertz CT molecular complexity index is 1040. The highest BCUT2D eigenvalue weighted by atomic mass is 15.3. The number of rotatable bonds is 7. The summed E-state index contributed by atoms with van der Waals surface area (Å²) in [6.45, 7) is 8.13. The first-order chi connectivity index (χ1) is 13.3. The van der Waals surface area contributed by atoms with Crippen molar-refractivity contribution in [2.75, 3.05) is 0 Å². The van der Waals surface area contributed by atoms with Gasteiger partial charge in [0.15, 0.2) is 0 Å². The fourth-order valence-electron chi connectivity index (χ4n) is 3.26. The van der Waals surface area contributed by atoms with Gasteiger partial charge in [-0.05, 0) is 6.92 Å². The zero-order valence-electron chi connectivity index (χ0n) is 15.4. The zero-order chi connectivity index (χ0) is 18.6. The number of benzene rings is 1. The Morgan fingerprint density at radius 1 is 1.07 bits per heavy atom. The van der Waals surface area contributed by atoms with Crippen LogP contribution in [0.5, 0.6) is 0 Å². The molecule has 3 heterocycles. The van der Waals surface area contributed by atoms with E-state index < -0.39 is 0 Å². The average molecular weight is 358 g/mol. The number of hydrogen-bond acceptors (Lipinski definition) is 3. The first-order valence-electron chi connectivity index (χ1n) is 9.04. The summed E-state index contributed by atoms with van der Waals surface area (Å²) >= 11 is 0. The van der Waals surface area contributed by atoms with Crippen LogP contribution in [0.25, 0.3) is 22.5 Å². The van der Waals surface area contributed by atoms with E-state index in [1.54, 1.807) is 0 Å². The number of imidazole rings is 2. The topological polar surface area (TPSA) is 53.5 Å². The lowest BCUT2D eigenvalue weighted by molar-refractivity contribution is 0.653. The number of hydrogen-bond donors (Lipinski definition) is 0. The Morgan fingerprint density at radius 2 is 1.93 bits per heavy atom. The largest absolute Gasteiger partial charge is 0.334 e. The lowest BCUT2D eigenvalue weighted by Crippen LogP contribution is -2.08. The van der Waals surface area contributed by atoms with Crippen molar-refractivity contribution in [2.45, 2.75) is 26.6 Å². The monoisotopic (exact) mass is 358 g/mol. The second-order valence-corrected chi connectivity index (χ2v) is 6.30. The SMILES string of the molecule is C=CCn1cc(-c2c(-c3ccccc3)ncn2Cc2nccn2CC)cn1. The fraction of sp³-hybridized carbons (Fsp3) is 0.190. The molecule has 6 heteroatoms. The Hall–Kier alpha value is -3.41. The molecule has 4 aromatic rings. The van der Waals surface area contributed by atoms with Crippen LogP contribution in [0.2, 0.25) is 0 Å². The van der Waals surface area contributed by atoms with Gasteiger partial charge in [-0.2, -0.15) is 5.10 Å². The predicted octanol–water partition coefficient (Wildman–Crippen LogP) is 3.86. The molecule has 0 N–H and O–H groups in total. The molecule has 0 saturated heterocycles. The molecule has 4 rings (SSSR count). The van der Waals surface area contributed by atoms with Gasteiger partial charge in [-0.3, -0.25) is 4.68 Å². The molecule has 0 atom stereocenters. The fourth-order valence-corrected chi connectivity index (χ4v) is 3.26. The van der Waals surface area contributed by atoms with E-state index in [2.05, 4.69) is 44.9 Å². The molecule has 0 aliphatic heterocycles. The summed E-state index contributed by atoms with van der Waals surface area (Å²) in [5.41, 5.74) is 4.11. The standard InChI is InChI=1S/C21H22N6/c1-3-11-27-14-18(13-24-27)21-20(17-8-6-5-7-9-17)23-16-26(21)15-19-22-10-12-25(19)4-2/h3,5-10,12-14,16H,1,4,11,15H2,2H3. The van der Waals surface area contributed by atoms with E-state index in [1.165, 1.54) is 0 Å². The highest BCUT2D eigenvalue weighted by molar-refractivity contribution is 5.78. The highest BCUT2D eigenvalue weighted by Gasteiger charge is 2.17. The highest BCUT2D eigenvalue weighted by Crippen LogP contribution is 2.31. The van der Waals surface area contributed by atoms with E-state index in [9.17, 15) is 0 Å². The van der Waals surface area contributed by atoms with Crippen molar-refractivity contribution < 1.29 is 0 Å². The van der Waals surface area contributed by atoms with Crippen LogP contribution < -0.4 is 0 Å². The average Bonchev–Trinajstić information content (AvgIpc) is 3.42. The van der Waals surface area contributed by atoms with E-state index in [4.69, 9.17) is 4.98 Å². The Morgan fingerprint density at radius 3 is 2.70 bits per heavy atom. The number of aromatic nitrogens is 6. The van der Waals surface area contributed by atoms with Crippen molar-refractivity contribution in [2.24, 2.45) is 0 Å². The Labute approximate surface area is 158 Å². The van der Waals surface area contributed by atoms with Crippen LogP contribution >= 0.6 is 0 Å². The summed E-state index contributed by atoms with van der Waals surface area (Å²) in [4.78, 5) is 9.24.